The van der Waals surface area contributed by atoms with Crippen molar-refractivity contribution in [2.75, 3.05) is 38.3 Å². The van der Waals surface area contributed by atoms with E-state index in [9.17, 15) is 4.39 Å². The van der Waals surface area contributed by atoms with E-state index in [-0.39, 0.29) is 5.82 Å². The molecule has 5 heteroatoms. The highest BCUT2D eigenvalue weighted by atomic mass is 19.1. The van der Waals surface area contributed by atoms with Crippen molar-refractivity contribution in [3.63, 3.8) is 0 Å². The minimum absolute atomic E-state index is 0.289. The monoisotopic (exact) mass is 297 g/mol. The average Bonchev–Trinajstić information content (AvgIpc) is 2.44. The molecule has 0 atom stereocenters. The Labute approximate surface area is 127 Å². The van der Waals surface area contributed by atoms with Crippen molar-refractivity contribution in [3.05, 3.63) is 23.6 Å². The summed E-state index contributed by atoms with van der Waals surface area (Å²) in [5, 5.41) is 3.32. The second-order valence-electron chi connectivity index (χ2n) is 5.65. The molecule has 0 aliphatic carbocycles. The first-order valence-corrected chi connectivity index (χ1v) is 7.67. The number of anilines is 1. The number of hydrogen-bond acceptors (Lipinski definition) is 4. The molecule has 0 aromatic carbocycles. The van der Waals surface area contributed by atoms with E-state index in [2.05, 4.69) is 36.0 Å². The van der Waals surface area contributed by atoms with Gasteiger partial charge in [-0.25, -0.2) is 9.37 Å². The molecule has 0 unspecified atom stereocenters. The number of nitrogens with zero attached hydrogens (tertiary/aromatic N) is 2. The smallest absolute Gasteiger partial charge is 0.141 e. The van der Waals surface area contributed by atoms with Gasteiger partial charge in [-0.15, -0.1) is 0 Å². The van der Waals surface area contributed by atoms with Crippen LogP contribution < -0.4 is 10.2 Å². The Morgan fingerprint density at radius 3 is 2.81 bits per heavy atom. The summed E-state index contributed by atoms with van der Waals surface area (Å²) < 4.78 is 18.7. The van der Waals surface area contributed by atoms with Crippen LogP contribution >= 0.6 is 0 Å². The first kappa shape index (κ1) is 17.9. The molecule has 0 saturated heterocycles. The molecule has 4 nitrogen and oxygen atoms in total. The Morgan fingerprint density at radius 1 is 1.43 bits per heavy atom. The van der Waals surface area contributed by atoms with E-state index in [0.717, 1.165) is 37.4 Å². The maximum Gasteiger partial charge on any atom is 0.141 e. The molecule has 0 aliphatic rings. The van der Waals surface area contributed by atoms with Crippen LogP contribution in [-0.4, -0.2) is 38.3 Å². The molecule has 1 heterocycles. The van der Waals surface area contributed by atoms with Gasteiger partial charge in [0.15, 0.2) is 0 Å². The van der Waals surface area contributed by atoms with Crippen LogP contribution in [-0.2, 0) is 11.3 Å². The maximum atomic E-state index is 13.5. The van der Waals surface area contributed by atoms with E-state index in [1.165, 1.54) is 6.20 Å². The van der Waals surface area contributed by atoms with E-state index >= 15 is 0 Å². The van der Waals surface area contributed by atoms with Gasteiger partial charge < -0.3 is 15.0 Å². The standard InChI is InChI=1S/C16H28FN3O/c1-5-6-18-10-14-9-15(17)11-19-16(14)20(7-8-21-4)12-13(2)3/h9,11,13,18H,5-8,10,12H2,1-4H3. The molecule has 1 N–H and O–H groups in total. The van der Waals surface area contributed by atoms with Crippen LogP contribution in [0.5, 0.6) is 0 Å². The molecule has 0 saturated carbocycles. The zero-order chi connectivity index (χ0) is 15.7. The van der Waals surface area contributed by atoms with Crippen molar-refractivity contribution in [3.8, 4) is 0 Å². The number of halogens is 1. The van der Waals surface area contributed by atoms with Gasteiger partial charge in [-0.3, -0.25) is 0 Å². The molecule has 1 aromatic rings. The third-order valence-corrected chi connectivity index (χ3v) is 3.10. The van der Waals surface area contributed by atoms with Gasteiger partial charge in [-0.05, 0) is 24.9 Å². The Kier molecular flexibility index (Phi) is 8.23. The SMILES string of the molecule is CCCNCc1cc(F)cnc1N(CCOC)CC(C)C. The number of methoxy groups -OCH3 is 1. The van der Waals surface area contributed by atoms with Crippen LogP contribution in [0.3, 0.4) is 0 Å². The Morgan fingerprint density at radius 2 is 2.19 bits per heavy atom. The predicted octanol–water partition coefficient (Wildman–Crippen LogP) is 2.83. The Hall–Kier alpha value is -1.20. The molecule has 120 valence electrons. The number of rotatable bonds is 10. The largest absolute Gasteiger partial charge is 0.383 e. The Balaban J connectivity index is 2.92. The number of hydrogen-bond donors (Lipinski definition) is 1. The van der Waals surface area contributed by atoms with E-state index in [4.69, 9.17) is 4.74 Å². The van der Waals surface area contributed by atoms with Crippen LogP contribution in [0, 0.1) is 11.7 Å². The van der Waals surface area contributed by atoms with Crippen LogP contribution in [0.15, 0.2) is 12.3 Å². The van der Waals surface area contributed by atoms with E-state index in [0.29, 0.717) is 19.1 Å². The Bertz CT molecular complexity index is 413. The summed E-state index contributed by atoms with van der Waals surface area (Å²) in [4.78, 5) is 6.50. The zero-order valence-corrected chi connectivity index (χ0v) is 13.7. The van der Waals surface area contributed by atoms with Crippen LogP contribution in [0.25, 0.3) is 0 Å². The molecule has 0 fully saturated rings. The highest BCUT2D eigenvalue weighted by Crippen LogP contribution is 2.20. The van der Waals surface area contributed by atoms with Crippen molar-refractivity contribution in [2.24, 2.45) is 5.92 Å². The lowest BCUT2D eigenvalue weighted by Gasteiger charge is -2.27. The lowest BCUT2D eigenvalue weighted by molar-refractivity contribution is 0.204. The van der Waals surface area contributed by atoms with Crippen LogP contribution in [0.1, 0.15) is 32.8 Å². The number of ether oxygens (including phenoxy) is 1. The predicted molar refractivity (Wildman–Crippen MR) is 85.1 cm³/mol. The number of nitrogens with one attached hydrogen (secondary N) is 1. The first-order chi connectivity index (χ1) is 10.1. The van der Waals surface area contributed by atoms with Crippen molar-refractivity contribution < 1.29 is 9.13 Å². The van der Waals surface area contributed by atoms with Gasteiger partial charge in [0, 0.05) is 32.3 Å². The number of pyridine rings is 1. The highest BCUT2D eigenvalue weighted by Gasteiger charge is 2.15. The highest BCUT2D eigenvalue weighted by molar-refractivity contribution is 5.47. The van der Waals surface area contributed by atoms with Gasteiger partial charge in [0.25, 0.3) is 0 Å². The zero-order valence-electron chi connectivity index (χ0n) is 13.7. The molecule has 0 amide bonds. The van der Waals surface area contributed by atoms with Crippen LogP contribution in [0.2, 0.25) is 0 Å². The average molecular weight is 297 g/mol. The first-order valence-electron chi connectivity index (χ1n) is 7.67. The van der Waals surface area contributed by atoms with Gasteiger partial charge in [0.1, 0.15) is 11.6 Å². The van der Waals surface area contributed by atoms with E-state index in [1.807, 2.05) is 0 Å². The molecule has 0 radical (unpaired) electrons. The molecule has 0 bridgehead atoms. The van der Waals surface area contributed by atoms with E-state index < -0.39 is 0 Å². The third-order valence-electron chi connectivity index (χ3n) is 3.10. The van der Waals surface area contributed by atoms with Crippen molar-refractivity contribution in [1.29, 1.82) is 0 Å². The summed E-state index contributed by atoms with van der Waals surface area (Å²) >= 11 is 0. The topological polar surface area (TPSA) is 37.4 Å². The van der Waals surface area contributed by atoms with Crippen molar-refractivity contribution in [2.45, 2.75) is 33.7 Å². The second-order valence-corrected chi connectivity index (χ2v) is 5.65. The fraction of sp³-hybridized carbons (Fsp3) is 0.688. The summed E-state index contributed by atoms with van der Waals surface area (Å²) in [6, 6.07) is 1.57. The van der Waals surface area contributed by atoms with Crippen LogP contribution in [0.4, 0.5) is 10.2 Å². The van der Waals surface area contributed by atoms with Crippen molar-refractivity contribution >= 4 is 5.82 Å². The second kappa shape index (κ2) is 9.68. The lowest BCUT2D eigenvalue weighted by Crippen LogP contribution is -2.33. The summed E-state index contributed by atoms with van der Waals surface area (Å²) in [6.45, 7) is 10.3. The molecule has 1 rings (SSSR count). The fourth-order valence-electron chi connectivity index (χ4n) is 2.21. The summed E-state index contributed by atoms with van der Waals surface area (Å²) in [5.74, 6) is 1.07. The quantitative estimate of drug-likeness (QED) is 0.674. The van der Waals surface area contributed by atoms with Gasteiger partial charge >= 0.3 is 0 Å². The van der Waals surface area contributed by atoms with Gasteiger partial charge in [0.2, 0.25) is 0 Å². The third kappa shape index (κ3) is 6.40. The molecule has 0 aliphatic heterocycles. The molecule has 0 spiro atoms. The molecule has 21 heavy (non-hydrogen) atoms. The minimum atomic E-state index is -0.289. The minimum Gasteiger partial charge on any atom is -0.383 e. The molecular weight excluding hydrogens is 269 g/mol. The lowest BCUT2D eigenvalue weighted by atomic mass is 10.1. The van der Waals surface area contributed by atoms with Gasteiger partial charge in [-0.1, -0.05) is 20.8 Å². The molecular formula is C16H28FN3O. The summed E-state index contributed by atoms with van der Waals surface area (Å²) in [6.07, 6.45) is 2.34. The fourth-order valence-corrected chi connectivity index (χ4v) is 2.21. The normalized spacial score (nSPS) is 11.1. The molecule has 1 aromatic heterocycles. The maximum absolute atomic E-state index is 13.5. The van der Waals surface area contributed by atoms with Gasteiger partial charge in [0.05, 0.1) is 12.8 Å². The summed E-state index contributed by atoms with van der Waals surface area (Å²) in [5.41, 5.74) is 0.903. The summed E-state index contributed by atoms with van der Waals surface area (Å²) in [7, 11) is 1.69. The van der Waals surface area contributed by atoms with E-state index in [1.54, 1.807) is 13.2 Å². The van der Waals surface area contributed by atoms with Gasteiger partial charge in [-0.2, -0.15) is 0 Å². The van der Waals surface area contributed by atoms with Crippen molar-refractivity contribution in [1.82, 2.24) is 10.3 Å². The number of aromatic nitrogens is 1.